The van der Waals surface area contributed by atoms with Gasteiger partial charge in [-0.1, -0.05) is 40.0 Å². The fourth-order valence-electron chi connectivity index (χ4n) is 1.61. The van der Waals surface area contributed by atoms with E-state index in [-0.39, 0.29) is 6.09 Å². The van der Waals surface area contributed by atoms with E-state index in [1.807, 2.05) is 0 Å². The minimum atomic E-state index is -0.139. The van der Waals surface area contributed by atoms with Crippen LogP contribution >= 0.6 is 0 Å². The molecule has 0 aliphatic carbocycles. The first-order valence-electron chi connectivity index (χ1n) is 6.67. The number of ether oxygens (including phenoxy) is 1. The second-order valence-electron chi connectivity index (χ2n) is 4.16. The second-order valence-corrected chi connectivity index (χ2v) is 4.16. The average molecular weight is 229 g/mol. The molecule has 0 atom stereocenters. The maximum Gasteiger partial charge on any atom is 0.409 e. The van der Waals surface area contributed by atoms with Crippen molar-refractivity contribution in [2.45, 2.75) is 59.3 Å². The van der Waals surface area contributed by atoms with E-state index in [1.54, 1.807) is 4.90 Å². The Labute approximate surface area is 100 Å². The van der Waals surface area contributed by atoms with Gasteiger partial charge in [0.1, 0.15) is 0 Å². The van der Waals surface area contributed by atoms with Gasteiger partial charge in [-0.15, -0.1) is 0 Å². The van der Waals surface area contributed by atoms with Crippen molar-refractivity contribution in [2.75, 3.05) is 19.7 Å². The van der Waals surface area contributed by atoms with Crippen molar-refractivity contribution in [3.05, 3.63) is 0 Å². The third-order valence-corrected chi connectivity index (χ3v) is 2.47. The first-order chi connectivity index (χ1) is 7.76. The van der Waals surface area contributed by atoms with E-state index in [4.69, 9.17) is 4.74 Å². The molecule has 0 aliphatic heterocycles. The van der Waals surface area contributed by atoms with Crippen LogP contribution in [0, 0.1) is 0 Å². The zero-order chi connectivity index (χ0) is 12.2. The van der Waals surface area contributed by atoms with Crippen molar-refractivity contribution in [1.82, 2.24) is 4.90 Å². The highest BCUT2D eigenvalue weighted by Gasteiger charge is 2.12. The van der Waals surface area contributed by atoms with Gasteiger partial charge in [-0.25, -0.2) is 4.79 Å². The van der Waals surface area contributed by atoms with Crippen molar-refractivity contribution in [3.63, 3.8) is 0 Å². The summed E-state index contributed by atoms with van der Waals surface area (Å²) in [6, 6.07) is 0. The Balaban J connectivity index is 3.65. The number of carbonyl (C=O) groups is 1. The third kappa shape index (κ3) is 7.55. The summed E-state index contributed by atoms with van der Waals surface area (Å²) in [5.41, 5.74) is 0. The SMILES string of the molecule is CCCCCCOC(=O)N(CCC)CCC. The van der Waals surface area contributed by atoms with Gasteiger partial charge in [-0.05, 0) is 19.3 Å². The lowest BCUT2D eigenvalue weighted by Gasteiger charge is -2.20. The number of unbranched alkanes of at least 4 members (excludes halogenated alkanes) is 3. The molecule has 0 heterocycles. The largest absolute Gasteiger partial charge is 0.449 e. The topological polar surface area (TPSA) is 29.5 Å². The average Bonchev–Trinajstić information content (AvgIpc) is 2.28. The molecule has 0 unspecified atom stereocenters. The Kier molecular flexibility index (Phi) is 10.3. The van der Waals surface area contributed by atoms with Crippen molar-refractivity contribution in [1.29, 1.82) is 0 Å². The van der Waals surface area contributed by atoms with Crippen LogP contribution < -0.4 is 0 Å². The van der Waals surface area contributed by atoms with E-state index in [1.165, 1.54) is 12.8 Å². The smallest absolute Gasteiger partial charge is 0.409 e. The summed E-state index contributed by atoms with van der Waals surface area (Å²) < 4.78 is 5.24. The van der Waals surface area contributed by atoms with E-state index in [9.17, 15) is 4.79 Å². The fraction of sp³-hybridized carbons (Fsp3) is 0.923. The van der Waals surface area contributed by atoms with Crippen LogP contribution in [-0.2, 0) is 4.74 Å². The molecule has 3 nitrogen and oxygen atoms in total. The standard InChI is InChI=1S/C13H27NO2/c1-4-7-8-9-12-16-13(15)14(10-5-2)11-6-3/h4-12H2,1-3H3. The minimum Gasteiger partial charge on any atom is -0.449 e. The number of rotatable bonds is 9. The number of hydrogen-bond acceptors (Lipinski definition) is 2. The summed E-state index contributed by atoms with van der Waals surface area (Å²) in [5.74, 6) is 0. The summed E-state index contributed by atoms with van der Waals surface area (Å²) in [4.78, 5) is 13.5. The Morgan fingerprint density at radius 2 is 1.56 bits per heavy atom. The van der Waals surface area contributed by atoms with Crippen LogP contribution in [-0.4, -0.2) is 30.7 Å². The fourth-order valence-corrected chi connectivity index (χ4v) is 1.61. The highest BCUT2D eigenvalue weighted by atomic mass is 16.6. The lowest BCUT2D eigenvalue weighted by atomic mass is 10.2. The Bertz CT molecular complexity index is 165. The first-order valence-corrected chi connectivity index (χ1v) is 6.67. The monoisotopic (exact) mass is 229 g/mol. The summed E-state index contributed by atoms with van der Waals surface area (Å²) in [5, 5.41) is 0. The molecule has 3 heteroatoms. The molecule has 0 aliphatic rings. The Hall–Kier alpha value is -0.730. The highest BCUT2D eigenvalue weighted by molar-refractivity contribution is 5.67. The summed E-state index contributed by atoms with van der Waals surface area (Å²) >= 11 is 0. The van der Waals surface area contributed by atoms with Crippen LogP contribution in [0.15, 0.2) is 0 Å². The maximum atomic E-state index is 11.7. The molecule has 0 radical (unpaired) electrons. The molecule has 0 fully saturated rings. The van der Waals surface area contributed by atoms with Gasteiger partial charge in [0.25, 0.3) is 0 Å². The second kappa shape index (κ2) is 10.8. The summed E-state index contributed by atoms with van der Waals surface area (Å²) in [6.07, 6.45) is 6.43. The molecule has 0 aromatic carbocycles. The lowest BCUT2D eigenvalue weighted by molar-refractivity contribution is 0.100. The Morgan fingerprint density at radius 1 is 0.938 bits per heavy atom. The van der Waals surface area contributed by atoms with Crippen LogP contribution in [0.1, 0.15) is 59.3 Å². The molecule has 16 heavy (non-hydrogen) atoms. The van der Waals surface area contributed by atoms with Gasteiger partial charge in [0.2, 0.25) is 0 Å². The predicted octanol–water partition coefficient (Wildman–Crippen LogP) is 3.83. The van der Waals surface area contributed by atoms with Gasteiger partial charge < -0.3 is 9.64 Å². The molecule has 0 rings (SSSR count). The van der Waals surface area contributed by atoms with Crippen LogP contribution in [0.3, 0.4) is 0 Å². The van der Waals surface area contributed by atoms with Crippen molar-refractivity contribution < 1.29 is 9.53 Å². The third-order valence-electron chi connectivity index (χ3n) is 2.47. The van der Waals surface area contributed by atoms with Crippen molar-refractivity contribution >= 4 is 6.09 Å². The van der Waals surface area contributed by atoms with Crippen LogP contribution in [0.2, 0.25) is 0 Å². The van der Waals surface area contributed by atoms with Gasteiger partial charge >= 0.3 is 6.09 Å². The Morgan fingerprint density at radius 3 is 2.06 bits per heavy atom. The summed E-state index contributed by atoms with van der Waals surface area (Å²) in [6.45, 7) is 8.52. The molecule has 96 valence electrons. The van der Waals surface area contributed by atoms with E-state index < -0.39 is 0 Å². The van der Waals surface area contributed by atoms with E-state index in [0.29, 0.717) is 6.61 Å². The van der Waals surface area contributed by atoms with Gasteiger partial charge in [-0.3, -0.25) is 0 Å². The number of amides is 1. The van der Waals surface area contributed by atoms with Crippen molar-refractivity contribution in [3.8, 4) is 0 Å². The molecule has 0 saturated heterocycles. The predicted molar refractivity (Wildman–Crippen MR) is 67.6 cm³/mol. The lowest BCUT2D eigenvalue weighted by Crippen LogP contribution is -2.33. The molecular weight excluding hydrogens is 202 g/mol. The van der Waals surface area contributed by atoms with Crippen LogP contribution in [0.25, 0.3) is 0 Å². The first kappa shape index (κ1) is 15.3. The molecule has 1 amide bonds. The molecule has 0 aromatic rings. The molecule has 0 N–H and O–H groups in total. The molecule has 0 saturated carbocycles. The molecule has 0 aromatic heterocycles. The molecule has 0 spiro atoms. The minimum absolute atomic E-state index is 0.139. The highest BCUT2D eigenvalue weighted by Crippen LogP contribution is 2.02. The van der Waals surface area contributed by atoms with E-state index in [0.717, 1.165) is 38.8 Å². The molecule has 0 bridgehead atoms. The summed E-state index contributed by atoms with van der Waals surface area (Å²) in [7, 11) is 0. The maximum absolute atomic E-state index is 11.7. The van der Waals surface area contributed by atoms with Gasteiger partial charge in [0, 0.05) is 13.1 Å². The number of hydrogen-bond donors (Lipinski definition) is 0. The van der Waals surface area contributed by atoms with Gasteiger partial charge in [-0.2, -0.15) is 0 Å². The van der Waals surface area contributed by atoms with Gasteiger partial charge in [0.05, 0.1) is 6.61 Å². The number of carbonyl (C=O) groups excluding carboxylic acids is 1. The van der Waals surface area contributed by atoms with Crippen LogP contribution in [0.5, 0.6) is 0 Å². The zero-order valence-electron chi connectivity index (χ0n) is 11.1. The van der Waals surface area contributed by atoms with Crippen LogP contribution in [0.4, 0.5) is 4.79 Å². The number of nitrogens with zero attached hydrogens (tertiary/aromatic N) is 1. The quantitative estimate of drug-likeness (QED) is 0.562. The van der Waals surface area contributed by atoms with Crippen molar-refractivity contribution in [2.24, 2.45) is 0 Å². The zero-order valence-corrected chi connectivity index (χ0v) is 11.1. The molecular formula is C13H27NO2. The normalized spacial score (nSPS) is 10.2. The van der Waals surface area contributed by atoms with E-state index >= 15 is 0 Å². The van der Waals surface area contributed by atoms with Gasteiger partial charge in [0.15, 0.2) is 0 Å². The van der Waals surface area contributed by atoms with E-state index in [2.05, 4.69) is 20.8 Å².